The standard InChI is InChI=1S/C14H30N2O/c1-12-8-13(2,3)10-14(9-12,11-15)16-6-4-5-7-17/h12,16-17H,4-11,15H2,1-3H3. The molecule has 0 bridgehead atoms. The van der Waals surface area contributed by atoms with Gasteiger partial charge >= 0.3 is 0 Å². The summed E-state index contributed by atoms with van der Waals surface area (Å²) in [6, 6.07) is 0. The molecular formula is C14H30N2O. The highest BCUT2D eigenvalue weighted by atomic mass is 16.2. The molecule has 0 aromatic rings. The fourth-order valence-electron chi connectivity index (χ4n) is 3.70. The van der Waals surface area contributed by atoms with Crippen LogP contribution in [0.25, 0.3) is 0 Å². The van der Waals surface area contributed by atoms with Crippen LogP contribution < -0.4 is 11.1 Å². The van der Waals surface area contributed by atoms with Crippen molar-refractivity contribution in [2.24, 2.45) is 17.1 Å². The third-order valence-electron chi connectivity index (χ3n) is 3.93. The molecule has 2 unspecified atom stereocenters. The Morgan fingerprint density at radius 2 is 2.00 bits per heavy atom. The maximum atomic E-state index is 8.80. The molecule has 0 heterocycles. The van der Waals surface area contributed by atoms with E-state index in [1.54, 1.807) is 0 Å². The predicted octanol–water partition coefficient (Wildman–Crippen LogP) is 1.89. The number of unbranched alkanes of at least 4 members (excludes halogenated alkanes) is 1. The normalized spacial score (nSPS) is 32.6. The van der Waals surface area contributed by atoms with Gasteiger partial charge in [-0.15, -0.1) is 0 Å². The van der Waals surface area contributed by atoms with Gasteiger partial charge in [-0.25, -0.2) is 0 Å². The van der Waals surface area contributed by atoms with Gasteiger partial charge in [-0.3, -0.25) is 0 Å². The predicted molar refractivity (Wildman–Crippen MR) is 72.9 cm³/mol. The first-order valence-electron chi connectivity index (χ1n) is 6.99. The highest BCUT2D eigenvalue weighted by molar-refractivity contribution is 4.99. The van der Waals surface area contributed by atoms with Crippen LogP contribution in [0.15, 0.2) is 0 Å². The highest BCUT2D eigenvalue weighted by Gasteiger charge is 2.41. The summed E-state index contributed by atoms with van der Waals surface area (Å²) in [7, 11) is 0. The smallest absolute Gasteiger partial charge is 0.0431 e. The number of aliphatic hydroxyl groups is 1. The van der Waals surface area contributed by atoms with Gasteiger partial charge in [-0.05, 0) is 50.0 Å². The van der Waals surface area contributed by atoms with Crippen molar-refractivity contribution in [2.75, 3.05) is 19.7 Å². The van der Waals surface area contributed by atoms with E-state index in [1.165, 1.54) is 19.3 Å². The lowest BCUT2D eigenvalue weighted by molar-refractivity contribution is 0.0857. The van der Waals surface area contributed by atoms with Crippen molar-refractivity contribution < 1.29 is 5.11 Å². The summed E-state index contributed by atoms with van der Waals surface area (Å²) in [6.07, 6.45) is 5.57. The van der Waals surface area contributed by atoms with Crippen LogP contribution >= 0.6 is 0 Å². The maximum absolute atomic E-state index is 8.80. The molecule has 3 nitrogen and oxygen atoms in total. The topological polar surface area (TPSA) is 58.3 Å². The molecule has 4 N–H and O–H groups in total. The van der Waals surface area contributed by atoms with Crippen molar-refractivity contribution in [1.82, 2.24) is 5.32 Å². The van der Waals surface area contributed by atoms with Crippen molar-refractivity contribution in [2.45, 2.75) is 58.4 Å². The van der Waals surface area contributed by atoms with Crippen molar-refractivity contribution in [1.29, 1.82) is 0 Å². The average molecular weight is 242 g/mol. The Hall–Kier alpha value is -0.120. The van der Waals surface area contributed by atoms with E-state index >= 15 is 0 Å². The summed E-state index contributed by atoms with van der Waals surface area (Å²) in [4.78, 5) is 0. The summed E-state index contributed by atoms with van der Waals surface area (Å²) < 4.78 is 0. The van der Waals surface area contributed by atoms with Crippen LogP contribution in [-0.2, 0) is 0 Å². The Kier molecular flexibility index (Phi) is 5.42. The van der Waals surface area contributed by atoms with E-state index in [4.69, 9.17) is 10.8 Å². The Labute approximate surface area is 106 Å². The number of nitrogens with two attached hydrogens (primary N) is 1. The second-order valence-corrected chi connectivity index (χ2v) is 6.70. The fraction of sp³-hybridized carbons (Fsp3) is 1.00. The lowest BCUT2D eigenvalue weighted by Crippen LogP contribution is -2.57. The average Bonchev–Trinajstić information content (AvgIpc) is 2.22. The minimum absolute atomic E-state index is 0.122. The second kappa shape index (κ2) is 6.17. The molecule has 2 atom stereocenters. The van der Waals surface area contributed by atoms with Crippen LogP contribution in [0, 0.1) is 11.3 Å². The molecule has 0 aromatic carbocycles. The Morgan fingerprint density at radius 1 is 1.29 bits per heavy atom. The number of hydrogen-bond acceptors (Lipinski definition) is 3. The molecule has 1 aliphatic carbocycles. The summed E-state index contributed by atoms with van der Waals surface area (Å²) in [5, 5.41) is 12.5. The zero-order valence-corrected chi connectivity index (χ0v) is 11.8. The number of rotatable bonds is 6. The van der Waals surface area contributed by atoms with Crippen LogP contribution in [0.1, 0.15) is 52.9 Å². The van der Waals surface area contributed by atoms with Gasteiger partial charge in [0.15, 0.2) is 0 Å². The molecule has 0 aliphatic heterocycles. The zero-order chi connectivity index (χ0) is 12.9. The molecule has 17 heavy (non-hydrogen) atoms. The first kappa shape index (κ1) is 14.9. The Bertz CT molecular complexity index is 230. The molecular weight excluding hydrogens is 212 g/mol. The van der Waals surface area contributed by atoms with Crippen molar-refractivity contribution >= 4 is 0 Å². The number of hydrogen-bond donors (Lipinski definition) is 3. The van der Waals surface area contributed by atoms with E-state index in [2.05, 4.69) is 26.1 Å². The van der Waals surface area contributed by atoms with Gasteiger partial charge in [-0.2, -0.15) is 0 Å². The molecule has 0 spiro atoms. The van der Waals surface area contributed by atoms with Crippen LogP contribution in [0.2, 0.25) is 0 Å². The van der Waals surface area contributed by atoms with Crippen LogP contribution in [0.4, 0.5) is 0 Å². The minimum atomic E-state index is 0.122. The van der Waals surface area contributed by atoms with Gasteiger partial charge < -0.3 is 16.2 Å². The van der Waals surface area contributed by atoms with Gasteiger partial charge in [-0.1, -0.05) is 20.8 Å². The van der Waals surface area contributed by atoms with Gasteiger partial charge in [0, 0.05) is 18.7 Å². The van der Waals surface area contributed by atoms with Gasteiger partial charge in [0.1, 0.15) is 0 Å². The lowest BCUT2D eigenvalue weighted by Gasteiger charge is -2.48. The van der Waals surface area contributed by atoms with Gasteiger partial charge in [0.2, 0.25) is 0 Å². The number of nitrogens with one attached hydrogen (secondary N) is 1. The van der Waals surface area contributed by atoms with E-state index in [0.29, 0.717) is 12.0 Å². The second-order valence-electron chi connectivity index (χ2n) is 6.70. The number of aliphatic hydroxyl groups excluding tert-OH is 1. The summed E-state index contributed by atoms with van der Waals surface area (Å²) in [5.41, 5.74) is 6.54. The first-order valence-corrected chi connectivity index (χ1v) is 6.99. The third kappa shape index (κ3) is 4.57. The molecule has 3 heteroatoms. The highest BCUT2D eigenvalue weighted by Crippen LogP contribution is 2.43. The molecule has 102 valence electrons. The van der Waals surface area contributed by atoms with Gasteiger partial charge in [0.05, 0.1) is 0 Å². The SMILES string of the molecule is CC1CC(C)(C)CC(CN)(NCCCCO)C1. The van der Waals surface area contributed by atoms with E-state index in [0.717, 1.165) is 31.8 Å². The van der Waals surface area contributed by atoms with E-state index < -0.39 is 0 Å². The van der Waals surface area contributed by atoms with Crippen molar-refractivity contribution in [3.05, 3.63) is 0 Å². The third-order valence-corrected chi connectivity index (χ3v) is 3.93. The van der Waals surface area contributed by atoms with Crippen LogP contribution in [0.5, 0.6) is 0 Å². The molecule has 0 aromatic heterocycles. The largest absolute Gasteiger partial charge is 0.396 e. The molecule has 0 radical (unpaired) electrons. The van der Waals surface area contributed by atoms with Crippen LogP contribution in [-0.4, -0.2) is 30.3 Å². The summed E-state index contributed by atoms with van der Waals surface area (Å²) >= 11 is 0. The molecule has 0 amide bonds. The zero-order valence-electron chi connectivity index (χ0n) is 11.8. The molecule has 1 fully saturated rings. The lowest BCUT2D eigenvalue weighted by atomic mass is 9.64. The van der Waals surface area contributed by atoms with Crippen LogP contribution in [0.3, 0.4) is 0 Å². The summed E-state index contributed by atoms with van der Waals surface area (Å²) in [5.74, 6) is 0.743. The maximum Gasteiger partial charge on any atom is 0.0431 e. The van der Waals surface area contributed by atoms with E-state index in [-0.39, 0.29) is 5.54 Å². The first-order chi connectivity index (χ1) is 7.93. The quantitative estimate of drug-likeness (QED) is 0.623. The minimum Gasteiger partial charge on any atom is -0.396 e. The monoisotopic (exact) mass is 242 g/mol. The van der Waals surface area contributed by atoms with Gasteiger partial charge in [0.25, 0.3) is 0 Å². The van der Waals surface area contributed by atoms with E-state index in [1.807, 2.05) is 0 Å². The fourth-order valence-corrected chi connectivity index (χ4v) is 3.70. The molecule has 0 saturated heterocycles. The van der Waals surface area contributed by atoms with E-state index in [9.17, 15) is 0 Å². The Balaban J connectivity index is 2.54. The summed E-state index contributed by atoms with van der Waals surface area (Å²) in [6.45, 7) is 9.02. The van der Waals surface area contributed by atoms with Crippen molar-refractivity contribution in [3.8, 4) is 0 Å². The Morgan fingerprint density at radius 3 is 2.53 bits per heavy atom. The van der Waals surface area contributed by atoms with Crippen molar-refractivity contribution in [3.63, 3.8) is 0 Å². The molecule has 1 rings (SSSR count). The molecule has 1 aliphatic rings. The molecule has 1 saturated carbocycles.